The number of rotatable bonds is 10. The van der Waals surface area contributed by atoms with Gasteiger partial charge in [-0.3, -0.25) is 14.9 Å². The number of hydrogen-bond acceptors (Lipinski definition) is 7. The van der Waals surface area contributed by atoms with Crippen LogP contribution in [0.4, 0.5) is 16.2 Å². The minimum Gasteiger partial charge on any atom is -0.491 e. The Bertz CT molecular complexity index is 1210. The average Bonchev–Trinajstić information content (AvgIpc) is 2.89. The lowest BCUT2D eigenvalue weighted by Gasteiger charge is -2.18. The molecule has 9 nitrogen and oxygen atoms in total. The summed E-state index contributed by atoms with van der Waals surface area (Å²) in [5, 5.41) is 13.9. The molecular weight excluding hydrogens is 462 g/mol. The second-order valence-electron chi connectivity index (χ2n) is 7.57. The predicted molar refractivity (Wildman–Crippen MR) is 135 cm³/mol. The monoisotopic (exact) mass is 489 g/mol. The van der Waals surface area contributed by atoms with Crippen LogP contribution in [0, 0.1) is 0 Å². The molecule has 0 aromatic heterocycles. The first kappa shape index (κ1) is 26.0. The normalized spacial score (nSPS) is 11.5. The number of ether oxygens (including phenoxy) is 2. The maximum absolute atomic E-state index is 12.5. The Morgan fingerprint density at radius 3 is 2.47 bits per heavy atom. The zero-order chi connectivity index (χ0) is 25.8. The van der Waals surface area contributed by atoms with Gasteiger partial charge in [0.2, 0.25) is 5.91 Å². The van der Waals surface area contributed by atoms with E-state index in [9.17, 15) is 14.4 Å². The van der Waals surface area contributed by atoms with E-state index in [1.54, 1.807) is 84.9 Å². The first-order chi connectivity index (χ1) is 17.5. The highest BCUT2D eigenvalue weighted by molar-refractivity contribution is 6.03. The third kappa shape index (κ3) is 8.00. The van der Waals surface area contributed by atoms with Gasteiger partial charge in [0, 0.05) is 12.0 Å². The van der Waals surface area contributed by atoms with Crippen LogP contribution >= 0.6 is 0 Å². The summed E-state index contributed by atoms with van der Waals surface area (Å²) in [5.41, 5.74) is 7.64. The molecule has 186 valence electrons. The standard InChI is InChI=1S/C27H27N3O6/c28-22-12-4-5-13-23(22)29-25(32)15-7-14-24(20-10-6-11-21(18-20)35-17-16-31)36-27(34)30-26(33)19-8-2-1-3-9-19/h1-13,15,18,24,31H,14,16-17,28H2,(H,29,32)(H,30,33,34)/b15-7+/t24-/m1/s1. The molecule has 3 aromatic carbocycles. The second kappa shape index (κ2) is 13.3. The lowest BCUT2D eigenvalue weighted by atomic mass is 10.1. The highest BCUT2D eigenvalue weighted by Crippen LogP contribution is 2.26. The van der Waals surface area contributed by atoms with Gasteiger partial charge in [0.15, 0.2) is 0 Å². The van der Waals surface area contributed by atoms with Gasteiger partial charge in [-0.25, -0.2) is 4.79 Å². The van der Waals surface area contributed by atoms with Crippen molar-refractivity contribution in [2.24, 2.45) is 0 Å². The predicted octanol–water partition coefficient (Wildman–Crippen LogP) is 3.83. The zero-order valence-corrected chi connectivity index (χ0v) is 19.4. The van der Waals surface area contributed by atoms with Crippen LogP contribution in [0.1, 0.15) is 28.4 Å². The first-order valence-corrected chi connectivity index (χ1v) is 11.2. The van der Waals surface area contributed by atoms with Gasteiger partial charge in [0.25, 0.3) is 5.91 Å². The molecule has 36 heavy (non-hydrogen) atoms. The molecule has 0 aliphatic carbocycles. The molecule has 3 rings (SSSR count). The molecule has 0 unspecified atom stereocenters. The Hall–Kier alpha value is -4.63. The Kier molecular flexibility index (Phi) is 9.60. The summed E-state index contributed by atoms with van der Waals surface area (Å²) in [6.45, 7) is -0.0539. The zero-order valence-electron chi connectivity index (χ0n) is 19.4. The van der Waals surface area contributed by atoms with Crippen LogP contribution in [-0.4, -0.2) is 36.2 Å². The third-order valence-corrected chi connectivity index (χ3v) is 4.93. The Labute approximate surface area is 208 Å². The van der Waals surface area contributed by atoms with Crippen molar-refractivity contribution in [3.05, 3.63) is 102 Å². The number of amides is 3. The lowest BCUT2D eigenvalue weighted by Crippen LogP contribution is -2.32. The smallest absolute Gasteiger partial charge is 0.414 e. The van der Waals surface area contributed by atoms with Crippen LogP contribution in [0.5, 0.6) is 5.75 Å². The van der Waals surface area contributed by atoms with Crippen molar-refractivity contribution in [2.75, 3.05) is 24.3 Å². The number of nitrogen functional groups attached to an aromatic ring is 1. The maximum atomic E-state index is 12.5. The molecular formula is C27H27N3O6. The fourth-order valence-corrected chi connectivity index (χ4v) is 3.22. The number of imide groups is 1. The summed E-state index contributed by atoms with van der Waals surface area (Å²) in [4.78, 5) is 37.1. The van der Waals surface area contributed by atoms with Gasteiger partial charge in [-0.05, 0) is 48.0 Å². The van der Waals surface area contributed by atoms with E-state index < -0.39 is 24.0 Å². The minimum absolute atomic E-state index is 0.101. The molecule has 9 heteroatoms. The molecule has 0 saturated heterocycles. The Morgan fingerprint density at radius 2 is 1.72 bits per heavy atom. The summed E-state index contributed by atoms with van der Waals surface area (Å²) >= 11 is 0. The number of nitrogens with two attached hydrogens (primary N) is 1. The average molecular weight is 490 g/mol. The fourth-order valence-electron chi connectivity index (χ4n) is 3.22. The van der Waals surface area contributed by atoms with E-state index in [0.29, 0.717) is 28.3 Å². The van der Waals surface area contributed by atoms with Crippen LogP contribution in [0.2, 0.25) is 0 Å². The van der Waals surface area contributed by atoms with E-state index in [1.807, 2.05) is 0 Å². The number of hydrogen-bond donors (Lipinski definition) is 4. The summed E-state index contributed by atoms with van der Waals surface area (Å²) < 4.78 is 11.0. The van der Waals surface area contributed by atoms with Crippen molar-refractivity contribution in [3.63, 3.8) is 0 Å². The van der Waals surface area contributed by atoms with Gasteiger partial charge in [-0.15, -0.1) is 0 Å². The van der Waals surface area contributed by atoms with E-state index in [2.05, 4.69) is 10.6 Å². The topological polar surface area (TPSA) is 140 Å². The van der Waals surface area contributed by atoms with Gasteiger partial charge in [0.1, 0.15) is 18.5 Å². The van der Waals surface area contributed by atoms with E-state index in [4.69, 9.17) is 20.3 Å². The van der Waals surface area contributed by atoms with Crippen molar-refractivity contribution < 1.29 is 29.0 Å². The van der Waals surface area contributed by atoms with Gasteiger partial charge < -0.3 is 25.6 Å². The molecule has 3 amide bonds. The van der Waals surface area contributed by atoms with Gasteiger partial charge in [-0.2, -0.15) is 0 Å². The lowest BCUT2D eigenvalue weighted by molar-refractivity contribution is -0.111. The highest BCUT2D eigenvalue weighted by Gasteiger charge is 2.19. The van der Waals surface area contributed by atoms with E-state index in [1.165, 1.54) is 6.08 Å². The van der Waals surface area contributed by atoms with Crippen LogP contribution < -0.4 is 21.1 Å². The summed E-state index contributed by atoms with van der Waals surface area (Å²) in [6, 6.07) is 21.9. The molecule has 0 radical (unpaired) electrons. The van der Waals surface area contributed by atoms with Crippen molar-refractivity contribution >= 4 is 29.3 Å². The molecule has 0 saturated carbocycles. The Balaban J connectivity index is 1.70. The molecule has 0 bridgehead atoms. The minimum atomic E-state index is -0.939. The fraction of sp³-hybridized carbons (Fsp3) is 0.148. The van der Waals surface area contributed by atoms with Gasteiger partial charge >= 0.3 is 6.09 Å². The van der Waals surface area contributed by atoms with Crippen molar-refractivity contribution in [1.29, 1.82) is 0 Å². The number of aliphatic hydroxyl groups is 1. The molecule has 1 atom stereocenters. The van der Waals surface area contributed by atoms with Crippen LogP contribution in [0.3, 0.4) is 0 Å². The number of alkyl carbamates (subject to hydrolysis) is 1. The van der Waals surface area contributed by atoms with E-state index >= 15 is 0 Å². The number of anilines is 2. The molecule has 0 aliphatic heterocycles. The first-order valence-electron chi connectivity index (χ1n) is 11.2. The summed E-state index contributed by atoms with van der Waals surface area (Å²) in [7, 11) is 0. The largest absolute Gasteiger partial charge is 0.491 e. The van der Waals surface area contributed by atoms with Crippen LogP contribution in [-0.2, 0) is 9.53 Å². The number of nitrogens with one attached hydrogen (secondary N) is 2. The highest BCUT2D eigenvalue weighted by atomic mass is 16.6. The molecule has 0 heterocycles. The molecule has 0 aliphatic rings. The number of carbonyl (C=O) groups is 3. The van der Waals surface area contributed by atoms with Crippen molar-refractivity contribution in [3.8, 4) is 5.75 Å². The quantitative estimate of drug-likeness (QED) is 0.251. The summed E-state index contributed by atoms with van der Waals surface area (Å²) in [6.07, 6.45) is 1.21. The summed E-state index contributed by atoms with van der Waals surface area (Å²) in [5.74, 6) is -0.540. The number of benzene rings is 3. The van der Waals surface area contributed by atoms with Gasteiger partial charge in [0.05, 0.1) is 18.0 Å². The number of aliphatic hydroxyl groups excluding tert-OH is 1. The molecule has 0 fully saturated rings. The number of para-hydroxylation sites is 2. The maximum Gasteiger partial charge on any atom is 0.414 e. The van der Waals surface area contributed by atoms with Crippen molar-refractivity contribution in [1.82, 2.24) is 5.32 Å². The molecule has 3 aromatic rings. The second-order valence-corrected chi connectivity index (χ2v) is 7.57. The van der Waals surface area contributed by atoms with Crippen LogP contribution in [0.15, 0.2) is 91.0 Å². The molecule has 5 N–H and O–H groups in total. The third-order valence-electron chi connectivity index (χ3n) is 4.93. The molecule has 0 spiro atoms. The Morgan fingerprint density at radius 1 is 0.972 bits per heavy atom. The van der Waals surface area contributed by atoms with Gasteiger partial charge in [-0.1, -0.05) is 48.5 Å². The van der Waals surface area contributed by atoms with E-state index in [-0.39, 0.29) is 19.6 Å². The van der Waals surface area contributed by atoms with Crippen LogP contribution in [0.25, 0.3) is 0 Å². The number of carbonyl (C=O) groups excluding carboxylic acids is 3. The SMILES string of the molecule is Nc1ccccc1NC(=O)/C=C/C[C@@H](OC(=O)NC(=O)c1ccccc1)c1cccc(OCCO)c1. The van der Waals surface area contributed by atoms with E-state index in [0.717, 1.165) is 0 Å². The van der Waals surface area contributed by atoms with Crippen molar-refractivity contribution in [2.45, 2.75) is 12.5 Å².